The van der Waals surface area contributed by atoms with E-state index in [0.717, 1.165) is 11.1 Å². The fourth-order valence-corrected chi connectivity index (χ4v) is 6.55. The van der Waals surface area contributed by atoms with E-state index in [4.69, 9.17) is 0 Å². The predicted octanol–water partition coefficient (Wildman–Crippen LogP) is 2.57. The SMILES string of the molecule is O=C(NCc1ccc(F)cc1)[C@@H]1CCCN(S(=O)(=O)N2CCC[C@H](C(=O)NCc3ccc(F)cc3)C2)C1. The molecular weight excluding hydrogens is 502 g/mol. The first-order valence-electron chi connectivity index (χ1n) is 12.5. The third-order valence-corrected chi connectivity index (χ3v) is 8.89. The Hall–Kier alpha value is -2.89. The number of benzene rings is 2. The van der Waals surface area contributed by atoms with Gasteiger partial charge in [-0.05, 0) is 61.1 Å². The zero-order valence-electron chi connectivity index (χ0n) is 20.5. The zero-order valence-corrected chi connectivity index (χ0v) is 21.4. The number of piperidine rings is 2. The van der Waals surface area contributed by atoms with Crippen molar-refractivity contribution in [2.24, 2.45) is 11.8 Å². The summed E-state index contributed by atoms with van der Waals surface area (Å²) in [7, 11) is -3.84. The number of rotatable bonds is 8. The van der Waals surface area contributed by atoms with Gasteiger partial charge in [-0.3, -0.25) is 9.59 Å². The minimum atomic E-state index is -3.84. The van der Waals surface area contributed by atoms with Gasteiger partial charge in [-0.25, -0.2) is 8.78 Å². The van der Waals surface area contributed by atoms with Gasteiger partial charge in [0.2, 0.25) is 11.8 Å². The molecule has 2 N–H and O–H groups in total. The van der Waals surface area contributed by atoms with E-state index in [-0.39, 0.29) is 49.6 Å². The van der Waals surface area contributed by atoms with Crippen LogP contribution in [-0.4, -0.2) is 55.0 Å². The van der Waals surface area contributed by atoms with E-state index in [1.807, 2.05) is 0 Å². The molecule has 0 saturated carbocycles. The minimum absolute atomic E-state index is 0.0789. The highest BCUT2D eigenvalue weighted by Gasteiger charge is 2.39. The van der Waals surface area contributed by atoms with Crippen LogP contribution in [0.3, 0.4) is 0 Å². The first-order chi connectivity index (χ1) is 17.7. The van der Waals surface area contributed by atoms with Gasteiger partial charge in [0.25, 0.3) is 10.2 Å². The fourth-order valence-electron chi connectivity index (χ4n) is 4.77. The number of carbonyl (C=O) groups is 2. The van der Waals surface area contributed by atoms with Gasteiger partial charge in [0.05, 0.1) is 11.8 Å². The molecule has 0 aromatic heterocycles. The van der Waals surface area contributed by atoms with E-state index < -0.39 is 22.0 Å². The Kier molecular flexibility index (Phi) is 8.88. The number of amides is 2. The van der Waals surface area contributed by atoms with Crippen molar-refractivity contribution < 1.29 is 26.8 Å². The molecule has 11 heteroatoms. The Bertz CT molecular complexity index is 1100. The summed E-state index contributed by atoms with van der Waals surface area (Å²) in [6, 6.07) is 11.7. The third kappa shape index (κ3) is 7.12. The second-order valence-corrected chi connectivity index (χ2v) is 11.5. The molecule has 2 aromatic rings. The maximum atomic E-state index is 13.4. The monoisotopic (exact) mass is 534 g/mol. The van der Waals surface area contributed by atoms with Crippen molar-refractivity contribution in [2.45, 2.75) is 38.8 Å². The van der Waals surface area contributed by atoms with Crippen molar-refractivity contribution in [1.82, 2.24) is 19.2 Å². The molecule has 0 bridgehead atoms. The fraction of sp³-hybridized carbons (Fsp3) is 0.462. The van der Waals surface area contributed by atoms with Gasteiger partial charge in [-0.15, -0.1) is 0 Å². The lowest BCUT2D eigenvalue weighted by molar-refractivity contribution is -0.126. The Morgan fingerprint density at radius 1 is 0.730 bits per heavy atom. The number of halogens is 2. The van der Waals surface area contributed by atoms with Gasteiger partial charge in [0, 0.05) is 39.3 Å². The average molecular weight is 535 g/mol. The van der Waals surface area contributed by atoms with Crippen molar-refractivity contribution in [1.29, 1.82) is 0 Å². The smallest absolute Gasteiger partial charge is 0.282 e. The molecule has 2 fully saturated rings. The summed E-state index contributed by atoms with van der Waals surface area (Å²) in [4.78, 5) is 25.5. The first kappa shape index (κ1) is 27.2. The Balaban J connectivity index is 1.31. The molecule has 2 aliphatic heterocycles. The Morgan fingerprint density at radius 3 is 1.49 bits per heavy atom. The van der Waals surface area contributed by atoms with Gasteiger partial charge >= 0.3 is 0 Å². The van der Waals surface area contributed by atoms with Gasteiger partial charge in [0.15, 0.2) is 0 Å². The summed E-state index contributed by atoms with van der Waals surface area (Å²) in [5.41, 5.74) is 1.51. The molecule has 2 heterocycles. The Morgan fingerprint density at radius 2 is 1.11 bits per heavy atom. The van der Waals surface area contributed by atoms with Crippen molar-refractivity contribution in [3.63, 3.8) is 0 Å². The van der Waals surface area contributed by atoms with Crippen molar-refractivity contribution >= 4 is 22.0 Å². The lowest BCUT2D eigenvalue weighted by Gasteiger charge is -2.38. The van der Waals surface area contributed by atoms with Crippen LogP contribution in [0.25, 0.3) is 0 Å². The molecule has 2 atom stereocenters. The molecule has 2 amide bonds. The molecule has 200 valence electrons. The Labute approximate surface area is 216 Å². The number of nitrogens with one attached hydrogen (secondary N) is 2. The second-order valence-electron chi connectivity index (χ2n) is 9.59. The summed E-state index contributed by atoms with van der Waals surface area (Å²) in [6.45, 7) is 1.28. The molecular formula is C26H32F2N4O4S. The second kappa shape index (κ2) is 12.1. The van der Waals surface area contributed by atoms with E-state index in [9.17, 15) is 26.8 Å². The first-order valence-corrected chi connectivity index (χ1v) is 13.9. The van der Waals surface area contributed by atoms with Crippen LogP contribution in [0.15, 0.2) is 48.5 Å². The highest BCUT2D eigenvalue weighted by Crippen LogP contribution is 2.26. The number of carbonyl (C=O) groups excluding carboxylic acids is 2. The molecule has 0 spiro atoms. The maximum Gasteiger partial charge on any atom is 0.282 e. The van der Waals surface area contributed by atoms with Crippen LogP contribution in [0.1, 0.15) is 36.8 Å². The van der Waals surface area contributed by atoms with E-state index >= 15 is 0 Å². The molecule has 4 rings (SSSR count). The van der Waals surface area contributed by atoms with Crippen LogP contribution in [0.4, 0.5) is 8.78 Å². The molecule has 2 aliphatic rings. The highest BCUT2D eigenvalue weighted by atomic mass is 32.2. The lowest BCUT2D eigenvalue weighted by Crippen LogP contribution is -2.53. The molecule has 0 radical (unpaired) electrons. The van der Waals surface area contributed by atoms with E-state index in [1.54, 1.807) is 24.3 Å². The lowest BCUT2D eigenvalue weighted by atomic mass is 9.98. The summed E-state index contributed by atoms with van der Waals surface area (Å²) >= 11 is 0. The van der Waals surface area contributed by atoms with Crippen LogP contribution in [0.2, 0.25) is 0 Å². The summed E-state index contributed by atoms with van der Waals surface area (Å²) in [5.74, 6) is -2.14. The maximum absolute atomic E-state index is 13.4. The molecule has 0 unspecified atom stereocenters. The third-order valence-electron chi connectivity index (χ3n) is 6.92. The quantitative estimate of drug-likeness (QED) is 0.544. The van der Waals surface area contributed by atoms with Crippen LogP contribution >= 0.6 is 0 Å². The minimum Gasteiger partial charge on any atom is -0.352 e. The highest BCUT2D eigenvalue weighted by molar-refractivity contribution is 7.86. The zero-order chi connectivity index (χ0) is 26.4. The van der Waals surface area contributed by atoms with Crippen LogP contribution in [-0.2, 0) is 32.9 Å². The van der Waals surface area contributed by atoms with Gasteiger partial charge < -0.3 is 10.6 Å². The number of hydrogen-bond acceptors (Lipinski definition) is 4. The van der Waals surface area contributed by atoms with Crippen molar-refractivity contribution in [2.75, 3.05) is 26.2 Å². The molecule has 2 saturated heterocycles. The predicted molar refractivity (Wildman–Crippen MR) is 134 cm³/mol. The molecule has 0 aliphatic carbocycles. The summed E-state index contributed by atoms with van der Waals surface area (Å²) in [6.07, 6.45) is 2.28. The van der Waals surface area contributed by atoms with E-state index in [1.165, 1.54) is 32.9 Å². The summed E-state index contributed by atoms with van der Waals surface area (Å²) < 4.78 is 55.7. The molecule has 8 nitrogen and oxygen atoms in total. The van der Waals surface area contributed by atoms with Crippen molar-refractivity contribution in [3.8, 4) is 0 Å². The van der Waals surface area contributed by atoms with Crippen molar-refractivity contribution in [3.05, 3.63) is 71.3 Å². The topological polar surface area (TPSA) is 98.8 Å². The molecule has 37 heavy (non-hydrogen) atoms. The number of nitrogens with zero attached hydrogens (tertiary/aromatic N) is 2. The molecule has 2 aromatic carbocycles. The van der Waals surface area contributed by atoms with E-state index in [2.05, 4.69) is 10.6 Å². The normalized spacial score (nSPS) is 21.4. The standard InChI is InChI=1S/C26H32F2N4O4S/c27-23-9-5-19(6-10-23)15-29-25(33)21-3-1-13-31(17-21)37(35,36)32-14-2-4-22(18-32)26(34)30-16-20-7-11-24(28)12-8-20/h5-12,21-22H,1-4,13-18H2,(H,29,33)(H,30,34)/t21-,22+. The average Bonchev–Trinajstić information content (AvgIpc) is 2.92. The van der Waals surface area contributed by atoms with Crippen LogP contribution in [0, 0.1) is 23.5 Å². The van der Waals surface area contributed by atoms with E-state index in [0.29, 0.717) is 38.8 Å². The van der Waals surface area contributed by atoms with Gasteiger partial charge in [-0.2, -0.15) is 17.0 Å². The summed E-state index contributed by atoms with van der Waals surface area (Å²) in [5, 5.41) is 5.64. The van der Waals surface area contributed by atoms with Gasteiger partial charge in [-0.1, -0.05) is 24.3 Å². The van der Waals surface area contributed by atoms with Crippen LogP contribution in [0.5, 0.6) is 0 Å². The largest absolute Gasteiger partial charge is 0.352 e. The van der Waals surface area contributed by atoms with Gasteiger partial charge in [0.1, 0.15) is 11.6 Å². The number of hydrogen-bond donors (Lipinski definition) is 2. The van der Waals surface area contributed by atoms with Crippen LogP contribution < -0.4 is 10.6 Å².